The van der Waals surface area contributed by atoms with E-state index in [0.717, 1.165) is 5.69 Å². The minimum absolute atomic E-state index is 0.102. The second kappa shape index (κ2) is 8.45. The molecule has 0 aromatic heterocycles. The van der Waals surface area contributed by atoms with E-state index < -0.39 is 40.1 Å². The zero-order chi connectivity index (χ0) is 23.9. The van der Waals surface area contributed by atoms with Gasteiger partial charge in [0.15, 0.2) is 11.5 Å². The molecule has 2 aromatic rings. The third kappa shape index (κ3) is 3.73. The molecule has 0 bridgehead atoms. The number of carbonyl (C=O) groups is 2. The van der Waals surface area contributed by atoms with Crippen molar-refractivity contribution >= 4 is 28.8 Å². The topological polar surface area (TPSA) is 140 Å². The molecule has 1 aliphatic carbocycles. The van der Waals surface area contributed by atoms with E-state index in [4.69, 9.17) is 9.47 Å². The normalized spacial score (nSPS) is 21.7. The number of nitrogens with one attached hydrogen (secondary N) is 2. The average Bonchev–Trinajstić information content (AvgIpc) is 2.95. The average molecular weight is 453 g/mol. The number of carbonyl (C=O) groups excluding carboxylic acids is 2. The number of anilines is 2. The van der Waals surface area contributed by atoms with Gasteiger partial charge in [-0.05, 0) is 36.1 Å². The van der Waals surface area contributed by atoms with Crippen molar-refractivity contribution in [2.24, 2.45) is 11.8 Å². The van der Waals surface area contributed by atoms with Gasteiger partial charge in [0.2, 0.25) is 5.75 Å². The van der Waals surface area contributed by atoms with Gasteiger partial charge in [-0.25, -0.2) is 0 Å². The van der Waals surface area contributed by atoms with E-state index in [9.17, 15) is 24.8 Å². The maximum atomic E-state index is 13.6. The smallest absolute Gasteiger partial charge is 0.316 e. The zero-order valence-electron chi connectivity index (χ0n) is 18.2. The highest BCUT2D eigenvalue weighted by Gasteiger charge is 2.44. The number of hydrogen-bond acceptors (Lipinski definition) is 9. The molecule has 0 unspecified atom stereocenters. The molecule has 4 rings (SSSR count). The number of esters is 1. The van der Waals surface area contributed by atoms with Crippen LogP contribution in [0.1, 0.15) is 24.9 Å². The third-order valence-electron chi connectivity index (χ3n) is 6.05. The van der Waals surface area contributed by atoms with E-state index in [2.05, 4.69) is 10.6 Å². The Kier molecular flexibility index (Phi) is 5.67. The lowest BCUT2D eigenvalue weighted by molar-refractivity contribution is -0.386. The number of fused-ring (bicyclic) bond motifs is 1. The first-order chi connectivity index (χ1) is 15.8. The van der Waals surface area contributed by atoms with Gasteiger partial charge in [-0.1, -0.05) is 19.1 Å². The highest BCUT2D eigenvalue weighted by Crippen LogP contribution is 2.46. The number of benzene rings is 2. The maximum Gasteiger partial charge on any atom is 0.316 e. The molecule has 2 aromatic carbocycles. The molecule has 172 valence electrons. The fourth-order valence-corrected chi connectivity index (χ4v) is 4.46. The number of ketones is 1. The highest BCUT2D eigenvalue weighted by atomic mass is 16.6. The quantitative estimate of drug-likeness (QED) is 0.274. The highest BCUT2D eigenvalue weighted by molar-refractivity contribution is 6.11. The van der Waals surface area contributed by atoms with Gasteiger partial charge < -0.3 is 25.2 Å². The predicted octanol–water partition coefficient (Wildman–Crippen LogP) is 3.54. The molecule has 0 saturated heterocycles. The molecule has 33 heavy (non-hydrogen) atoms. The van der Waals surface area contributed by atoms with E-state index in [1.165, 1.54) is 26.4 Å². The Bertz CT molecular complexity index is 1190. The Morgan fingerprint density at radius 1 is 1.21 bits per heavy atom. The summed E-state index contributed by atoms with van der Waals surface area (Å²) in [5.41, 5.74) is 2.06. The first kappa shape index (κ1) is 22.1. The SMILES string of the molecule is COC(=O)[C@H]1C(=O)C2=C(C[C@@H]1C)Nc1ccccc1N[C@@H]2c1cc(OC)c(O)c([N+](=O)[O-])c1. The van der Waals surface area contributed by atoms with Crippen molar-refractivity contribution in [1.82, 2.24) is 0 Å². The van der Waals surface area contributed by atoms with Crippen LogP contribution in [0.2, 0.25) is 0 Å². The van der Waals surface area contributed by atoms with Crippen LogP contribution in [0.5, 0.6) is 11.5 Å². The predicted molar refractivity (Wildman–Crippen MR) is 119 cm³/mol. The van der Waals surface area contributed by atoms with Gasteiger partial charge >= 0.3 is 11.7 Å². The van der Waals surface area contributed by atoms with Gasteiger partial charge in [-0.3, -0.25) is 19.7 Å². The second-order valence-corrected chi connectivity index (χ2v) is 8.03. The fourth-order valence-electron chi connectivity index (χ4n) is 4.46. The van der Waals surface area contributed by atoms with Gasteiger partial charge in [0, 0.05) is 17.3 Å². The standard InChI is InChI=1S/C23H23N3O7/c1-11-8-15-19(22(28)18(11)23(29)33-3)20(25-14-7-5-4-6-13(14)24-15)12-9-16(26(30)31)21(27)17(10-12)32-2/h4-7,9-11,18,20,24-25,27H,8H2,1-3H3/t11-,18+,20+/m0/s1. The van der Waals surface area contributed by atoms with Crippen molar-refractivity contribution in [2.45, 2.75) is 19.4 Å². The molecule has 0 amide bonds. The molecule has 1 aliphatic heterocycles. The monoisotopic (exact) mass is 453 g/mol. The molecule has 0 fully saturated rings. The molecule has 0 saturated carbocycles. The number of phenolic OH excluding ortho intramolecular Hbond substituents is 1. The first-order valence-electron chi connectivity index (χ1n) is 10.3. The van der Waals surface area contributed by atoms with Gasteiger partial charge in [0.05, 0.1) is 36.6 Å². The molecule has 1 heterocycles. The van der Waals surface area contributed by atoms with Crippen LogP contribution in [0.15, 0.2) is 47.7 Å². The molecular formula is C23H23N3O7. The van der Waals surface area contributed by atoms with E-state index in [-0.39, 0.29) is 17.2 Å². The lowest BCUT2D eigenvalue weighted by Gasteiger charge is -2.32. The fraction of sp³-hybridized carbons (Fsp3) is 0.304. The number of nitro groups is 1. The number of nitrogens with zero attached hydrogens (tertiary/aromatic N) is 1. The molecule has 10 heteroatoms. The minimum Gasteiger partial charge on any atom is -0.500 e. The van der Waals surface area contributed by atoms with Crippen LogP contribution in [0, 0.1) is 22.0 Å². The van der Waals surface area contributed by atoms with Crippen molar-refractivity contribution < 1.29 is 29.1 Å². The van der Waals surface area contributed by atoms with Crippen LogP contribution in [0.25, 0.3) is 0 Å². The van der Waals surface area contributed by atoms with Crippen LogP contribution >= 0.6 is 0 Å². The number of methoxy groups -OCH3 is 2. The van der Waals surface area contributed by atoms with E-state index in [1.807, 2.05) is 24.3 Å². The number of phenols is 1. The van der Waals surface area contributed by atoms with Gasteiger partial charge in [-0.2, -0.15) is 0 Å². The number of para-hydroxylation sites is 2. The number of allylic oxidation sites excluding steroid dienone is 1. The van der Waals surface area contributed by atoms with Gasteiger partial charge in [0.1, 0.15) is 5.92 Å². The molecule has 3 atom stereocenters. The number of ether oxygens (including phenoxy) is 2. The zero-order valence-corrected chi connectivity index (χ0v) is 18.2. The molecule has 0 radical (unpaired) electrons. The van der Waals surface area contributed by atoms with Crippen LogP contribution < -0.4 is 15.4 Å². The number of aromatic hydroxyl groups is 1. The lowest BCUT2D eigenvalue weighted by Crippen LogP contribution is -2.39. The third-order valence-corrected chi connectivity index (χ3v) is 6.05. The maximum absolute atomic E-state index is 13.6. The molecule has 0 spiro atoms. The number of hydrogen-bond donors (Lipinski definition) is 3. The van der Waals surface area contributed by atoms with E-state index in [1.54, 1.807) is 6.92 Å². The summed E-state index contributed by atoms with van der Waals surface area (Å²) >= 11 is 0. The van der Waals surface area contributed by atoms with Crippen LogP contribution in [-0.4, -0.2) is 36.0 Å². The Labute approximate surface area is 189 Å². The minimum atomic E-state index is -1.00. The summed E-state index contributed by atoms with van der Waals surface area (Å²) in [6.07, 6.45) is 0.394. The summed E-state index contributed by atoms with van der Waals surface area (Å²) < 4.78 is 10.0. The summed E-state index contributed by atoms with van der Waals surface area (Å²) in [4.78, 5) is 37.0. The summed E-state index contributed by atoms with van der Waals surface area (Å²) in [6.45, 7) is 1.80. The van der Waals surface area contributed by atoms with Crippen LogP contribution in [0.4, 0.5) is 17.1 Å². The van der Waals surface area contributed by atoms with E-state index in [0.29, 0.717) is 23.4 Å². The summed E-state index contributed by atoms with van der Waals surface area (Å²) in [6, 6.07) is 9.10. The molecule has 3 N–H and O–H groups in total. The first-order valence-corrected chi connectivity index (χ1v) is 10.3. The van der Waals surface area contributed by atoms with Crippen molar-refractivity contribution in [3.8, 4) is 11.5 Å². The Morgan fingerprint density at radius 2 is 1.91 bits per heavy atom. The van der Waals surface area contributed by atoms with Crippen molar-refractivity contribution in [3.05, 3.63) is 63.3 Å². The van der Waals surface area contributed by atoms with Crippen LogP contribution in [0.3, 0.4) is 0 Å². The van der Waals surface area contributed by atoms with Crippen molar-refractivity contribution in [3.63, 3.8) is 0 Å². The number of nitro benzene ring substituents is 1. The Balaban J connectivity index is 1.94. The number of rotatable bonds is 4. The Morgan fingerprint density at radius 3 is 2.55 bits per heavy atom. The largest absolute Gasteiger partial charge is 0.500 e. The Hall–Kier alpha value is -4.08. The second-order valence-electron chi connectivity index (χ2n) is 8.03. The summed E-state index contributed by atoms with van der Waals surface area (Å²) in [5.74, 6) is -3.09. The van der Waals surface area contributed by atoms with Crippen molar-refractivity contribution in [1.29, 1.82) is 0 Å². The molecule has 10 nitrogen and oxygen atoms in total. The molecule has 2 aliphatic rings. The lowest BCUT2D eigenvalue weighted by atomic mass is 9.74. The van der Waals surface area contributed by atoms with Gasteiger partial charge in [0.25, 0.3) is 0 Å². The van der Waals surface area contributed by atoms with Gasteiger partial charge in [-0.15, -0.1) is 0 Å². The molecular weight excluding hydrogens is 430 g/mol. The number of Topliss-reactive ketones (excluding diaryl/α,β-unsaturated/α-hetero) is 1. The van der Waals surface area contributed by atoms with Crippen molar-refractivity contribution in [2.75, 3.05) is 24.9 Å². The van der Waals surface area contributed by atoms with E-state index >= 15 is 0 Å². The van der Waals surface area contributed by atoms with Crippen LogP contribution in [-0.2, 0) is 14.3 Å². The summed E-state index contributed by atoms with van der Waals surface area (Å²) in [5, 5.41) is 28.4. The summed E-state index contributed by atoms with van der Waals surface area (Å²) in [7, 11) is 2.52.